The van der Waals surface area contributed by atoms with Crippen LogP contribution in [0, 0.1) is 29.1 Å². The molecule has 7 atom stereocenters. The van der Waals surface area contributed by atoms with Gasteiger partial charge in [-0.3, -0.25) is 14.4 Å². The summed E-state index contributed by atoms with van der Waals surface area (Å²) in [7, 11) is 0. The van der Waals surface area contributed by atoms with Gasteiger partial charge in [-0.25, -0.2) is 0 Å². The van der Waals surface area contributed by atoms with Gasteiger partial charge < -0.3 is 25.4 Å². The van der Waals surface area contributed by atoms with Crippen LogP contribution < -0.4 is 10.6 Å². The first-order valence-electron chi connectivity index (χ1n) is 15.2. The Labute approximate surface area is 246 Å². The van der Waals surface area contributed by atoms with Crippen LogP contribution in [0.15, 0.2) is 30.3 Å². The molecule has 1 spiro atoms. The molecule has 0 aromatic heterocycles. The van der Waals surface area contributed by atoms with E-state index in [1.165, 1.54) is 0 Å². The number of nitrogens with one attached hydrogen (secondary N) is 2. The number of hydrogen-bond donors (Lipinski definition) is 3. The molecule has 228 valence electrons. The Morgan fingerprint density at radius 1 is 1.12 bits per heavy atom. The third-order valence-corrected chi connectivity index (χ3v) is 9.37. The Bertz CT molecular complexity index is 1150. The number of benzene rings is 1. The second-order valence-corrected chi connectivity index (χ2v) is 15.2. The zero-order chi connectivity index (χ0) is 30.5. The van der Waals surface area contributed by atoms with Gasteiger partial charge in [0.05, 0.1) is 30.1 Å². The standard InChI is InChI=1S/C33H51N3O5/c1-20(2)15-23(18-37)36-26(28(39)35-31(7,8)19-30(4,5)6)33-16-21(3)32(9,41-33)24(25(33)29(36)40)27(38)34-17-22-13-11-10-12-14-22/h10-14,20-21,23-26,37H,15-19H2,1-9H3,(H,34,38)(H,35,39)/t21?,23-,24-,25+,26?,32+,33?/m1/s1. The summed E-state index contributed by atoms with van der Waals surface area (Å²) in [5, 5.41) is 16.8. The largest absolute Gasteiger partial charge is 0.394 e. The molecule has 1 aromatic rings. The molecule has 8 heteroatoms. The number of hydrogen-bond acceptors (Lipinski definition) is 5. The molecule has 3 heterocycles. The average molecular weight is 570 g/mol. The van der Waals surface area contributed by atoms with Crippen LogP contribution in [0.4, 0.5) is 0 Å². The van der Waals surface area contributed by atoms with Crippen molar-refractivity contribution in [2.45, 2.75) is 117 Å². The van der Waals surface area contributed by atoms with E-state index >= 15 is 0 Å². The Hall–Kier alpha value is -2.45. The molecule has 4 rings (SSSR count). The van der Waals surface area contributed by atoms with Crippen molar-refractivity contribution in [3.63, 3.8) is 0 Å². The molecular weight excluding hydrogens is 518 g/mol. The quantitative estimate of drug-likeness (QED) is 0.394. The lowest BCUT2D eigenvalue weighted by molar-refractivity contribution is -0.152. The molecule has 3 fully saturated rings. The van der Waals surface area contributed by atoms with Gasteiger partial charge in [0.1, 0.15) is 11.6 Å². The van der Waals surface area contributed by atoms with Gasteiger partial charge in [0.15, 0.2) is 0 Å². The summed E-state index contributed by atoms with van der Waals surface area (Å²) in [6, 6.07) is 8.18. The molecule has 3 aliphatic rings. The molecule has 41 heavy (non-hydrogen) atoms. The Morgan fingerprint density at radius 2 is 1.76 bits per heavy atom. The highest BCUT2D eigenvalue weighted by Gasteiger charge is 2.80. The molecule has 8 nitrogen and oxygen atoms in total. The molecule has 1 aromatic carbocycles. The van der Waals surface area contributed by atoms with Crippen molar-refractivity contribution < 1.29 is 24.2 Å². The molecule has 0 radical (unpaired) electrons. The summed E-state index contributed by atoms with van der Waals surface area (Å²) in [4.78, 5) is 44.3. The first kappa shape index (κ1) is 31.5. The highest BCUT2D eigenvalue weighted by atomic mass is 16.5. The number of carbonyl (C=O) groups excluding carboxylic acids is 3. The van der Waals surface area contributed by atoms with Crippen LogP contribution in [-0.4, -0.2) is 63.2 Å². The molecule has 3 saturated heterocycles. The predicted molar refractivity (Wildman–Crippen MR) is 159 cm³/mol. The van der Waals surface area contributed by atoms with Crippen molar-refractivity contribution in [1.29, 1.82) is 0 Å². The number of nitrogens with zero attached hydrogens (tertiary/aromatic N) is 1. The van der Waals surface area contributed by atoms with E-state index in [1.807, 2.05) is 71.9 Å². The number of likely N-dealkylation sites (tertiary alicyclic amines) is 1. The van der Waals surface area contributed by atoms with Crippen LogP contribution >= 0.6 is 0 Å². The smallest absolute Gasteiger partial charge is 0.246 e. The highest BCUT2D eigenvalue weighted by molar-refractivity contribution is 5.99. The van der Waals surface area contributed by atoms with Crippen molar-refractivity contribution in [2.24, 2.45) is 29.1 Å². The van der Waals surface area contributed by atoms with E-state index < -0.39 is 40.7 Å². The number of amides is 3. The predicted octanol–water partition coefficient (Wildman–Crippen LogP) is 4.05. The fourth-order valence-corrected chi connectivity index (χ4v) is 8.26. The second kappa shape index (κ2) is 11.0. The monoisotopic (exact) mass is 569 g/mol. The van der Waals surface area contributed by atoms with Gasteiger partial charge in [0.2, 0.25) is 17.7 Å². The van der Waals surface area contributed by atoms with Crippen molar-refractivity contribution >= 4 is 17.7 Å². The van der Waals surface area contributed by atoms with Crippen LogP contribution in [0.25, 0.3) is 0 Å². The van der Waals surface area contributed by atoms with Crippen molar-refractivity contribution in [3.8, 4) is 0 Å². The third-order valence-electron chi connectivity index (χ3n) is 9.37. The Balaban J connectivity index is 1.74. The van der Waals surface area contributed by atoms with Gasteiger partial charge in [-0.05, 0) is 62.8 Å². The number of carbonyl (C=O) groups is 3. The molecule has 0 aliphatic carbocycles. The normalized spacial score (nSPS) is 31.9. The van der Waals surface area contributed by atoms with Gasteiger partial charge in [-0.15, -0.1) is 0 Å². The third kappa shape index (κ3) is 5.79. The van der Waals surface area contributed by atoms with Gasteiger partial charge in [0, 0.05) is 12.1 Å². The summed E-state index contributed by atoms with van der Waals surface area (Å²) >= 11 is 0. The maximum atomic E-state index is 14.5. The summed E-state index contributed by atoms with van der Waals surface area (Å²) in [5.74, 6) is -2.19. The van der Waals surface area contributed by atoms with Gasteiger partial charge in [-0.2, -0.15) is 0 Å². The lowest BCUT2D eigenvalue weighted by Crippen LogP contribution is -2.61. The van der Waals surface area contributed by atoms with Gasteiger partial charge >= 0.3 is 0 Å². The lowest BCUT2D eigenvalue weighted by Gasteiger charge is -2.40. The van der Waals surface area contributed by atoms with Crippen molar-refractivity contribution in [3.05, 3.63) is 35.9 Å². The van der Waals surface area contributed by atoms with Crippen LogP contribution in [0.2, 0.25) is 0 Å². The number of aliphatic hydroxyl groups is 1. The van der Waals surface area contributed by atoms with E-state index in [4.69, 9.17) is 4.74 Å². The number of fused-ring (bicyclic) bond motifs is 1. The molecule has 3 unspecified atom stereocenters. The van der Waals surface area contributed by atoms with Crippen LogP contribution in [-0.2, 0) is 25.7 Å². The van der Waals surface area contributed by atoms with E-state index in [1.54, 1.807) is 4.90 Å². The number of aliphatic hydroxyl groups excluding tert-OH is 1. The number of ether oxygens (including phenoxy) is 1. The minimum absolute atomic E-state index is 0.0275. The molecular formula is C33H51N3O5. The average Bonchev–Trinajstić information content (AvgIpc) is 3.36. The van der Waals surface area contributed by atoms with E-state index in [0.717, 1.165) is 12.0 Å². The maximum Gasteiger partial charge on any atom is 0.246 e. The molecule has 3 amide bonds. The van der Waals surface area contributed by atoms with E-state index in [2.05, 4.69) is 31.4 Å². The van der Waals surface area contributed by atoms with Crippen LogP contribution in [0.5, 0.6) is 0 Å². The van der Waals surface area contributed by atoms with Crippen LogP contribution in [0.3, 0.4) is 0 Å². The zero-order valence-electron chi connectivity index (χ0n) is 26.4. The van der Waals surface area contributed by atoms with Crippen LogP contribution in [0.1, 0.15) is 87.1 Å². The summed E-state index contributed by atoms with van der Waals surface area (Å²) in [6.45, 7) is 18.5. The summed E-state index contributed by atoms with van der Waals surface area (Å²) in [5.41, 5.74) is -1.64. The second-order valence-electron chi connectivity index (χ2n) is 15.2. The minimum Gasteiger partial charge on any atom is -0.394 e. The van der Waals surface area contributed by atoms with E-state index in [-0.39, 0.29) is 41.6 Å². The summed E-state index contributed by atoms with van der Waals surface area (Å²) < 4.78 is 6.85. The van der Waals surface area contributed by atoms with Crippen molar-refractivity contribution in [2.75, 3.05) is 6.61 Å². The van der Waals surface area contributed by atoms with Gasteiger partial charge in [-0.1, -0.05) is 71.9 Å². The van der Waals surface area contributed by atoms with Crippen molar-refractivity contribution in [1.82, 2.24) is 15.5 Å². The maximum absolute atomic E-state index is 14.5. The molecule has 3 aliphatic heterocycles. The molecule has 0 saturated carbocycles. The first-order chi connectivity index (χ1) is 19.0. The molecule has 3 N–H and O–H groups in total. The van der Waals surface area contributed by atoms with Gasteiger partial charge in [0.25, 0.3) is 0 Å². The van der Waals surface area contributed by atoms with E-state index in [9.17, 15) is 19.5 Å². The zero-order valence-corrected chi connectivity index (χ0v) is 26.4. The topological polar surface area (TPSA) is 108 Å². The fraction of sp³-hybridized carbons (Fsp3) is 0.727. The van der Waals surface area contributed by atoms with E-state index in [0.29, 0.717) is 19.4 Å². The SMILES string of the molecule is CC(C)C[C@H](CO)N1C(=O)[C@@H]2[C@H](C(=O)NCc3ccccc3)[C@@]3(C)OC2(CC3C)C1C(=O)NC(C)(C)CC(C)(C)C. The number of rotatable bonds is 10. The highest BCUT2D eigenvalue weighted by Crippen LogP contribution is 2.65. The molecule has 2 bridgehead atoms. The summed E-state index contributed by atoms with van der Waals surface area (Å²) in [6.07, 6.45) is 1.77. The first-order valence-corrected chi connectivity index (χ1v) is 15.2. The fourth-order valence-electron chi connectivity index (χ4n) is 8.26. The Kier molecular flexibility index (Phi) is 8.44. The lowest BCUT2D eigenvalue weighted by atomic mass is 9.62. The Morgan fingerprint density at radius 3 is 2.32 bits per heavy atom. The minimum atomic E-state index is -1.15.